The molecule has 1 unspecified atom stereocenters. The molecule has 2 nitrogen and oxygen atoms in total. The molecule has 0 aliphatic heterocycles. The summed E-state index contributed by atoms with van der Waals surface area (Å²) in [6.07, 6.45) is 7.57. The minimum atomic E-state index is 0.467. The molecular formula is C14H30N2. The molecular weight excluding hydrogens is 196 g/mol. The number of nitrogens with one attached hydrogen (secondary N) is 1. The van der Waals surface area contributed by atoms with Crippen molar-refractivity contribution in [2.75, 3.05) is 6.54 Å². The summed E-state index contributed by atoms with van der Waals surface area (Å²) in [5.41, 5.74) is 5.92. The molecule has 2 heteroatoms. The molecule has 0 saturated heterocycles. The van der Waals surface area contributed by atoms with Crippen LogP contribution in [-0.2, 0) is 0 Å². The second kappa shape index (κ2) is 7.29. The van der Waals surface area contributed by atoms with E-state index in [-0.39, 0.29) is 0 Å². The van der Waals surface area contributed by atoms with Crippen molar-refractivity contribution < 1.29 is 0 Å². The molecule has 0 aromatic carbocycles. The highest BCUT2D eigenvalue weighted by Gasteiger charge is 2.20. The largest absolute Gasteiger partial charge is 0.328 e. The van der Waals surface area contributed by atoms with Crippen molar-refractivity contribution in [1.29, 1.82) is 0 Å². The van der Waals surface area contributed by atoms with Gasteiger partial charge in [-0.3, -0.25) is 0 Å². The normalized spacial score (nSPS) is 30.0. The molecule has 0 bridgehead atoms. The van der Waals surface area contributed by atoms with E-state index in [1.807, 2.05) is 0 Å². The quantitative estimate of drug-likeness (QED) is 0.731. The first-order valence-electron chi connectivity index (χ1n) is 7.16. The highest BCUT2D eigenvalue weighted by molar-refractivity contribution is 4.80. The van der Waals surface area contributed by atoms with Crippen LogP contribution in [0.1, 0.15) is 59.3 Å². The number of rotatable bonds is 6. The lowest BCUT2D eigenvalue weighted by Gasteiger charge is -2.30. The van der Waals surface area contributed by atoms with Crippen molar-refractivity contribution in [1.82, 2.24) is 5.32 Å². The van der Waals surface area contributed by atoms with Crippen LogP contribution in [0.5, 0.6) is 0 Å². The SMILES string of the molecule is CCC(C)[C@@H](CC)CNC1CCC(N)CC1. The fourth-order valence-corrected chi connectivity index (χ4v) is 2.72. The second-order valence-corrected chi connectivity index (χ2v) is 5.57. The molecule has 2 atom stereocenters. The minimum absolute atomic E-state index is 0.467. The number of hydrogen-bond donors (Lipinski definition) is 2. The molecule has 1 fully saturated rings. The van der Waals surface area contributed by atoms with Gasteiger partial charge in [0.15, 0.2) is 0 Å². The first-order chi connectivity index (χ1) is 7.67. The van der Waals surface area contributed by atoms with Gasteiger partial charge in [-0.2, -0.15) is 0 Å². The minimum Gasteiger partial charge on any atom is -0.328 e. The monoisotopic (exact) mass is 226 g/mol. The molecule has 0 aromatic heterocycles. The molecule has 1 aliphatic carbocycles. The van der Waals surface area contributed by atoms with Gasteiger partial charge in [0.1, 0.15) is 0 Å². The summed E-state index contributed by atoms with van der Waals surface area (Å²) in [5, 5.41) is 3.75. The molecule has 1 saturated carbocycles. The van der Waals surface area contributed by atoms with Crippen LogP contribution >= 0.6 is 0 Å². The highest BCUT2D eigenvalue weighted by Crippen LogP contribution is 2.20. The standard InChI is InChI=1S/C14H30N2/c1-4-11(3)12(5-2)10-16-14-8-6-13(15)7-9-14/h11-14,16H,4-10,15H2,1-3H3/t11?,12-,13?,14?/m0/s1. The zero-order chi connectivity index (χ0) is 12.0. The van der Waals surface area contributed by atoms with Crippen LogP contribution in [-0.4, -0.2) is 18.6 Å². The Morgan fingerprint density at radius 1 is 1.12 bits per heavy atom. The summed E-state index contributed by atoms with van der Waals surface area (Å²) in [6, 6.07) is 1.20. The van der Waals surface area contributed by atoms with Gasteiger partial charge in [0.25, 0.3) is 0 Å². The highest BCUT2D eigenvalue weighted by atomic mass is 14.9. The third-order valence-corrected chi connectivity index (χ3v) is 4.41. The maximum atomic E-state index is 5.92. The summed E-state index contributed by atoms with van der Waals surface area (Å²) >= 11 is 0. The lowest BCUT2D eigenvalue weighted by Crippen LogP contribution is -2.40. The topological polar surface area (TPSA) is 38.0 Å². The van der Waals surface area contributed by atoms with E-state index in [0.29, 0.717) is 6.04 Å². The average Bonchev–Trinajstić information content (AvgIpc) is 2.31. The van der Waals surface area contributed by atoms with Crippen LogP contribution in [0, 0.1) is 11.8 Å². The van der Waals surface area contributed by atoms with Gasteiger partial charge >= 0.3 is 0 Å². The average molecular weight is 226 g/mol. The van der Waals surface area contributed by atoms with Crippen LogP contribution in [0.15, 0.2) is 0 Å². The molecule has 1 aliphatic rings. The van der Waals surface area contributed by atoms with E-state index in [2.05, 4.69) is 26.1 Å². The van der Waals surface area contributed by atoms with E-state index in [1.165, 1.54) is 45.1 Å². The van der Waals surface area contributed by atoms with E-state index in [0.717, 1.165) is 17.9 Å². The lowest BCUT2D eigenvalue weighted by atomic mass is 9.88. The summed E-state index contributed by atoms with van der Waals surface area (Å²) in [4.78, 5) is 0. The van der Waals surface area contributed by atoms with Crippen molar-refractivity contribution in [3.63, 3.8) is 0 Å². The fraction of sp³-hybridized carbons (Fsp3) is 1.00. The molecule has 96 valence electrons. The van der Waals surface area contributed by atoms with E-state index in [1.54, 1.807) is 0 Å². The van der Waals surface area contributed by atoms with Gasteiger partial charge in [-0.1, -0.05) is 33.6 Å². The number of nitrogens with two attached hydrogens (primary N) is 1. The lowest BCUT2D eigenvalue weighted by molar-refractivity contribution is 0.277. The molecule has 16 heavy (non-hydrogen) atoms. The Hall–Kier alpha value is -0.0800. The van der Waals surface area contributed by atoms with E-state index in [4.69, 9.17) is 5.73 Å². The predicted molar refractivity (Wildman–Crippen MR) is 71.5 cm³/mol. The molecule has 0 radical (unpaired) electrons. The first-order valence-corrected chi connectivity index (χ1v) is 7.16. The molecule has 0 amide bonds. The fourth-order valence-electron chi connectivity index (χ4n) is 2.72. The van der Waals surface area contributed by atoms with Crippen molar-refractivity contribution in [3.05, 3.63) is 0 Å². The van der Waals surface area contributed by atoms with Crippen LogP contribution in [0.2, 0.25) is 0 Å². The van der Waals surface area contributed by atoms with Crippen molar-refractivity contribution in [2.45, 2.75) is 71.4 Å². The van der Waals surface area contributed by atoms with Gasteiger partial charge in [-0.15, -0.1) is 0 Å². The van der Waals surface area contributed by atoms with E-state index in [9.17, 15) is 0 Å². The Balaban J connectivity index is 2.22. The Morgan fingerprint density at radius 2 is 1.75 bits per heavy atom. The number of hydrogen-bond acceptors (Lipinski definition) is 2. The Morgan fingerprint density at radius 3 is 2.25 bits per heavy atom. The Kier molecular flexibility index (Phi) is 6.37. The van der Waals surface area contributed by atoms with Crippen molar-refractivity contribution in [2.24, 2.45) is 17.6 Å². The first kappa shape index (κ1) is 14.0. The predicted octanol–water partition coefficient (Wildman–Crippen LogP) is 2.92. The summed E-state index contributed by atoms with van der Waals surface area (Å²) in [7, 11) is 0. The molecule has 0 spiro atoms. The van der Waals surface area contributed by atoms with Crippen LogP contribution in [0.25, 0.3) is 0 Å². The second-order valence-electron chi connectivity index (χ2n) is 5.57. The molecule has 0 heterocycles. The van der Waals surface area contributed by atoms with Gasteiger partial charge in [0, 0.05) is 12.1 Å². The Labute approximate surface area is 101 Å². The zero-order valence-corrected chi connectivity index (χ0v) is 11.3. The maximum Gasteiger partial charge on any atom is 0.00683 e. The molecule has 0 aromatic rings. The summed E-state index contributed by atoms with van der Waals surface area (Å²) < 4.78 is 0. The van der Waals surface area contributed by atoms with Gasteiger partial charge < -0.3 is 11.1 Å². The van der Waals surface area contributed by atoms with E-state index >= 15 is 0 Å². The van der Waals surface area contributed by atoms with Gasteiger partial charge in [0.2, 0.25) is 0 Å². The zero-order valence-electron chi connectivity index (χ0n) is 11.3. The smallest absolute Gasteiger partial charge is 0.00683 e. The van der Waals surface area contributed by atoms with Gasteiger partial charge in [-0.05, 0) is 44.1 Å². The van der Waals surface area contributed by atoms with Crippen LogP contribution < -0.4 is 11.1 Å². The van der Waals surface area contributed by atoms with Crippen molar-refractivity contribution >= 4 is 0 Å². The Bertz CT molecular complexity index is 174. The third kappa shape index (κ3) is 4.42. The maximum absolute atomic E-state index is 5.92. The molecule has 1 rings (SSSR count). The summed E-state index contributed by atoms with van der Waals surface area (Å²) in [6.45, 7) is 8.19. The van der Waals surface area contributed by atoms with E-state index < -0.39 is 0 Å². The van der Waals surface area contributed by atoms with Gasteiger partial charge in [0.05, 0.1) is 0 Å². The third-order valence-electron chi connectivity index (χ3n) is 4.41. The van der Waals surface area contributed by atoms with Crippen LogP contribution in [0.4, 0.5) is 0 Å². The summed E-state index contributed by atoms with van der Waals surface area (Å²) in [5.74, 6) is 1.70. The van der Waals surface area contributed by atoms with Crippen molar-refractivity contribution in [3.8, 4) is 0 Å². The van der Waals surface area contributed by atoms with Gasteiger partial charge in [-0.25, -0.2) is 0 Å². The molecule has 3 N–H and O–H groups in total. The van der Waals surface area contributed by atoms with Crippen LogP contribution in [0.3, 0.4) is 0 Å².